The van der Waals surface area contributed by atoms with Crippen LogP contribution in [0.1, 0.15) is 26.2 Å². The lowest BCUT2D eigenvalue weighted by Gasteiger charge is -2.18. The summed E-state index contributed by atoms with van der Waals surface area (Å²) in [5.74, 6) is -0.924. The van der Waals surface area contributed by atoms with Gasteiger partial charge in [-0.1, -0.05) is 0 Å². The molecule has 0 bridgehead atoms. The van der Waals surface area contributed by atoms with E-state index in [1.54, 1.807) is 6.92 Å². The van der Waals surface area contributed by atoms with Crippen LogP contribution in [0.15, 0.2) is 0 Å². The van der Waals surface area contributed by atoms with Crippen LogP contribution in [-0.4, -0.2) is 30.2 Å². The lowest BCUT2D eigenvalue weighted by molar-refractivity contribution is -0.142. The molecule has 72 valence electrons. The topological polar surface area (TPSA) is 75.3 Å². The van der Waals surface area contributed by atoms with E-state index in [9.17, 15) is 4.79 Å². The SMILES string of the molecule is CNCCCCC(C)(N)C(=O)O. The minimum absolute atomic E-state index is 0.532. The van der Waals surface area contributed by atoms with Crippen molar-refractivity contribution in [2.75, 3.05) is 13.6 Å². The van der Waals surface area contributed by atoms with Crippen LogP contribution in [0.5, 0.6) is 0 Å². The predicted octanol–water partition coefficient (Wildman–Crippen LogP) is 0.178. The summed E-state index contributed by atoms with van der Waals surface area (Å²) < 4.78 is 0. The third kappa shape index (κ3) is 4.31. The molecular formula is C8H18N2O2. The number of nitrogens with one attached hydrogen (secondary N) is 1. The first-order valence-corrected chi connectivity index (χ1v) is 4.17. The van der Waals surface area contributed by atoms with E-state index >= 15 is 0 Å². The summed E-state index contributed by atoms with van der Waals surface area (Å²) in [6, 6.07) is 0. The van der Waals surface area contributed by atoms with Crippen LogP contribution in [0, 0.1) is 0 Å². The molecule has 0 radical (unpaired) electrons. The lowest BCUT2D eigenvalue weighted by Crippen LogP contribution is -2.44. The van der Waals surface area contributed by atoms with Crippen molar-refractivity contribution in [2.45, 2.75) is 31.7 Å². The molecule has 4 N–H and O–H groups in total. The minimum atomic E-state index is -1.06. The van der Waals surface area contributed by atoms with Gasteiger partial charge in [0.05, 0.1) is 0 Å². The highest BCUT2D eigenvalue weighted by Crippen LogP contribution is 2.10. The second-order valence-electron chi connectivity index (χ2n) is 3.28. The molecule has 0 saturated carbocycles. The highest BCUT2D eigenvalue weighted by atomic mass is 16.4. The van der Waals surface area contributed by atoms with Gasteiger partial charge >= 0.3 is 5.97 Å². The fourth-order valence-electron chi connectivity index (χ4n) is 0.901. The molecule has 0 heterocycles. The van der Waals surface area contributed by atoms with E-state index in [1.165, 1.54) is 0 Å². The van der Waals surface area contributed by atoms with Gasteiger partial charge in [-0.25, -0.2) is 0 Å². The molecule has 12 heavy (non-hydrogen) atoms. The average molecular weight is 174 g/mol. The first-order valence-electron chi connectivity index (χ1n) is 4.17. The number of rotatable bonds is 6. The molecule has 0 aliphatic heterocycles. The molecule has 0 fully saturated rings. The summed E-state index contributed by atoms with van der Waals surface area (Å²) in [5.41, 5.74) is 4.46. The number of unbranched alkanes of at least 4 members (excludes halogenated alkanes) is 1. The van der Waals surface area contributed by atoms with E-state index in [4.69, 9.17) is 10.8 Å². The normalized spacial score (nSPS) is 15.6. The lowest BCUT2D eigenvalue weighted by atomic mass is 9.96. The zero-order chi connectivity index (χ0) is 9.61. The molecular weight excluding hydrogens is 156 g/mol. The fourth-order valence-corrected chi connectivity index (χ4v) is 0.901. The van der Waals surface area contributed by atoms with E-state index in [2.05, 4.69) is 5.32 Å². The Bertz CT molecular complexity index is 146. The van der Waals surface area contributed by atoms with Gasteiger partial charge in [0, 0.05) is 0 Å². The first-order chi connectivity index (χ1) is 5.50. The maximum Gasteiger partial charge on any atom is 0.323 e. The number of carboxylic acids is 1. The number of hydrogen-bond donors (Lipinski definition) is 3. The smallest absolute Gasteiger partial charge is 0.323 e. The molecule has 0 aromatic rings. The van der Waals surface area contributed by atoms with Crippen LogP contribution < -0.4 is 11.1 Å². The second kappa shape index (κ2) is 5.11. The van der Waals surface area contributed by atoms with Gasteiger partial charge in [0.15, 0.2) is 0 Å². The molecule has 0 aliphatic carbocycles. The maximum absolute atomic E-state index is 10.5. The average Bonchev–Trinajstić information content (AvgIpc) is 1.98. The van der Waals surface area contributed by atoms with Crippen LogP contribution in [0.25, 0.3) is 0 Å². The number of hydrogen-bond acceptors (Lipinski definition) is 3. The van der Waals surface area contributed by atoms with Crippen LogP contribution in [0.4, 0.5) is 0 Å². The van der Waals surface area contributed by atoms with Crippen LogP contribution in [-0.2, 0) is 4.79 Å². The van der Waals surface area contributed by atoms with Crippen molar-refractivity contribution in [3.05, 3.63) is 0 Å². The van der Waals surface area contributed by atoms with Gasteiger partial charge in [-0.3, -0.25) is 4.79 Å². The molecule has 0 aliphatic rings. The van der Waals surface area contributed by atoms with Crippen molar-refractivity contribution in [3.8, 4) is 0 Å². The van der Waals surface area contributed by atoms with Crippen LogP contribution in [0.2, 0.25) is 0 Å². The van der Waals surface area contributed by atoms with E-state index in [-0.39, 0.29) is 0 Å². The fraction of sp³-hybridized carbons (Fsp3) is 0.875. The van der Waals surface area contributed by atoms with Crippen molar-refractivity contribution in [3.63, 3.8) is 0 Å². The monoisotopic (exact) mass is 174 g/mol. The Kier molecular flexibility index (Phi) is 4.85. The molecule has 4 heteroatoms. The molecule has 4 nitrogen and oxygen atoms in total. The molecule has 0 aromatic carbocycles. The van der Waals surface area contributed by atoms with Crippen molar-refractivity contribution in [1.82, 2.24) is 5.32 Å². The Morgan fingerprint density at radius 3 is 2.58 bits per heavy atom. The Labute approximate surface area is 73.1 Å². The van der Waals surface area contributed by atoms with Gasteiger partial charge < -0.3 is 16.2 Å². The second-order valence-corrected chi connectivity index (χ2v) is 3.28. The summed E-state index contributed by atoms with van der Waals surface area (Å²) in [4.78, 5) is 10.5. The predicted molar refractivity (Wildman–Crippen MR) is 48.0 cm³/mol. The van der Waals surface area contributed by atoms with Gasteiger partial charge in [-0.15, -0.1) is 0 Å². The molecule has 0 saturated heterocycles. The summed E-state index contributed by atoms with van der Waals surface area (Å²) in [7, 11) is 1.87. The summed E-state index contributed by atoms with van der Waals surface area (Å²) in [5, 5.41) is 11.7. The molecule has 1 unspecified atom stereocenters. The molecule has 0 rings (SSSR count). The third-order valence-electron chi connectivity index (χ3n) is 1.86. The molecule has 0 aromatic heterocycles. The van der Waals surface area contributed by atoms with Gasteiger partial charge in [-0.05, 0) is 39.8 Å². The Hall–Kier alpha value is -0.610. The number of nitrogens with two attached hydrogens (primary N) is 1. The van der Waals surface area contributed by atoms with Crippen molar-refractivity contribution >= 4 is 5.97 Å². The van der Waals surface area contributed by atoms with E-state index in [0.717, 1.165) is 19.4 Å². The quantitative estimate of drug-likeness (QED) is 0.502. The van der Waals surface area contributed by atoms with E-state index < -0.39 is 11.5 Å². The van der Waals surface area contributed by atoms with Crippen molar-refractivity contribution < 1.29 is 9.90 Å². The Morgan fingerprint density at radius 2 is 2.17 bits per heavy atom. The zero-order valence-electron chi connectivity index (χ0n) is 7.76. The minimum Gasteiger partial charge on any atom is -0.480 e. The van der Waals surface area contributed by atoms with Crippen molar-refractivity contribution in [2.24, 2.45) is 5.73 Å². The Morgan fingerprint density at radius 1 is 1.58 bits per heavy atom. The van der Waals surface area contributed by atoms with Gasteiger partial charge in [0.2, 0.25) is 0 Å². The molecule has 0 spiro atoms. The van der Waals surface area contributed by atoms with Gasteiger partial charge in [0.1, 0.15) is 5.54 Å². The molecule has 1 atom stereocenters. The van der Waals surface area contributed by atoms with E-state index in [1.807, 2.05) is 7.05 Å². The van der Waals surface area contributed by atoms with Crippen LogP contribution in [0.3, 0.4) is 0 Å². The highest BCUT2D eigenvalue weighted by molar-refractivity contribution is 5.77. The highest BCUT2D eigenvalue weighted by Gasteiger charge is 2.26. The third-order valence-corrected chi connectivity index (χ3v) is 1.86. The van der Waals surface area contributed by atoms with Gasteiger partial charge in [-0.2, -0.15) is 0 Å². The first kappa shape index (κ1) is 11.4. The summed E-state index contributed by atoms with van der Waals surface area (Å²) in [6.45, 7) is 2.46. The van der Waals surface area contributed by atoms with Gasteiger partial charge in [0.25, 0.3) is 0 Å². The Balaban J connectivity index is 3.54. The largest absolute Gasteiger partial charge is 0.480 e. The number of carbonyl (C=O) groups is 1. The zero-order valence-corrected chi connectivity index (χ0v) is 7.76. The van der Waals surface area contributed by atoms with Crippen molar-refractivity contribution in [1.29, 1.82) is 0 Å². The maximum atomic E-state index is 10.5. The summed E-state index contributed by atoms with van der Waals surface area (Å²) in [6.07, 6.45) is 2.35. The summed E-state index contributed by atoms with van der Waals surface area (Å²) >= 11 is 0. The number of carboxylic acid groups (broad SMARTS) is 1. The number of aliphatic carboxylic acids is 1. The van der Waals surface area contributed by atoms with Crippen LogP contribution >= 0.6 is 0 Å². The van der Waals surface area contributed by atoms with E-state index in [0.29, 0.717) is 6.42 Å². The standard InChI is InChI=1S/C8H18N2O2/c1-8(9,7(11)12)5-3-4-6-10-2/h10H,3-6,9H2,1-2H3,(H,11,12). The molecule has 0 amide bonds.